The molecule has 0 bridgehead atoms. The fourth-order valence-electron chi connectivity index (χ4n) is 1.15. The van der Waals surface area contributed by atoms with Crippen molar-refractivity contribution in [3.8, 4) is 5.75 Å². The molecule has 0 radical (unpaired) electrons. The van der Waals surface area contributed by atoms with Gasteiger partial charge in [0.15, 0.2) is 0 Å². The van der Waals surface area contributed by atoms with Gasteiger partial charge in [-0.15, -0.1) is 0 Å². The molecule has 0 fully saturated rings. The Kier molecular flexibility index (Phi) is 3.51. The number of phenolic OH excluding ortho intramolecular Hbond substituents is 1. The molecule has 1 atom stereocenters. The van der Waals surface area contributed by atoms with Crippen LogP contribution in [0.4, 0.5) is 4.79 Å². The van der Waals surface area contributed by atoms with Crippen LogP contribution < -0.4 is 5.73 Å². The zero-order valence-corrected chi connectivity index (χ0v) is 8.42. The van der Waals surface area contributed by atoms with Gasteiger partial charge in [0.1, 0.15) is 5.75 Å². The molecule has 0 aliphatic carbocycles. The van der Waals surface area contributed by atoms with Crippen molar-refractivity contribution in [2.45, 2.75) is 6.10 Å². The lowest BCUT2D eigenvalue weighted by Gasteiger charge is -2.18. The SMILES string of the molecule is CN(CC(O)c1ccc(O)cc1)C(N)=O. The van der Waals surface area contributed by atoms with E-state index in [9.17, 15) is 9.90 Å². The predicted octanol–water partition coefficient (Wildman–Crippen LogP) is 0.436. The maximum Gasteiger partial charge on any atom is 0.314 e. The summed E-state index contributed by atoms with van der Waals surface area (Å²) in [7, 11) is 1.51. The maximum absolute atomic E-state index is 10.7. The third-order valence-corrected chi connectivity index (χ3v) is 2.10. The van der Waals surface area contributed by atoms with Crippen molar-refractivity contribution < 1.29 is 15.0 Å². The molecule has 2 amide bonds. The number of carbonyl (C=O) groups excluding carboxylic acids is 1. The van der Waals surface area contributed by atoms with E-state index in [0.29, 0.717) is 5.56 Å². The first-order valence-corrected chi connectivity index (χ1v) is 4.48. The van der Waals surface area contributed by atoms with Gasteiger partial charge in [-0.25, -0.2) is 4.79 Å². The number of nitrogens with zero attached hydrogens (tertiary/aromatic N) is 1. The van der Waals surface area contributed by atoms with E-state index in [1.807, 2.05) is 0 Å². The quantitative estimate of drug-likeness (QED) is 0.676. The smallest absolute Gasteiger partial charge is 0.314 e. The minimum Gasteiger partial charge on any atom is -0.508 e. The van der Waals surface area contributed by atoms with Crippen molar-refractivity contribution in [3.63, 3.8) is 0 Å². The molecule has 5 heteroatoms. The average Bonchev–Trinajstić information content (AvgIpc) is 2.18. The predicted molar refractivity (Wildman–Crippen MR) is 55.3 cm³/mol. The van der Waals surface area contributed by atoms with E-state index < -0.39 is 12.1 Å². The monoisotopic (exact) mass is 210 g/mol. The number of hydrogen-bond acceptors (Lipinski definition) is 3. The van der Waals surface area contributed by atoms with E-state index >= 15 is 0 Å². The summed E-state index contributed by atoms with van der Waals surface area (Å²) in [5.74, 6) is 0.134. The minimum absolute atomic E-state index is 0.125. The van der Waals surface area contributed by atoms with Crippen molar-refractivity contribution in [1.82, 2.24) is 4.90 Å². The number of aliphatic hydroxyl groups is 1. The van der Waals surface area contributed by atoms with E-state index in [-0.39, 0.29) is 12.3 Å². The number of benzene rings is 1. The zero-order valence-electron chi connectivity index (χ0n) is 8.42. The number of rotatable bonds is 3. The highest BCUT2D eigenvalue weighted by Crippen LogP contribution is 2.17. The minimum atomic E-state index is -0.803. The Morgan fingerprint density at radius 3 is 2.47 bits per heavy atom. The Hall–Kier alpha value is -1.75. The lowest BCUT2D eigenvalue weighted by atomic mass is 10.1. The molecule has 5 nitrogen and oxygen atoms in total. The Labute approximate surface area is 87.7 Å². The number of primary amides is 1. The summed E-state index contributed by atoms with van der Waals surface area (Å²) in [5.41, 5.74) is 5.65. The number of carbonyl (C=O) groups is 1. The molecule has 0 heterocycles. The number of likely N-dealkylation sites (N-methyl/N-ethyl adjacent to an activating group) is 1. The van der Waals surface area contributed by atoms with Crippen molar-refractivity contribution in [1.29, 1.82) is 0 Å². The van der Waals surface area contributed by atoms with E-state index in [2.05, 4.69) is 0 Å². The lowest BCUT2D eigenvalue weighted by molar-refractivity contribution is 0.135. The molecule has 15 heavy (non-hydrogen) atoms. The molecule has 82 valence electrons. The molecule has 0 aromatic heterocycles. The van der Waals surface area contributed by atoms with Gasteiger partial charge < -0.3 is 20.8 Å². The summed E-state index contributed by atoms with van der Waals surface area (Å²) in [6.07, 6.45) is -0.803. The van der Waals surface area contributed by atoms with Crippen LogP contribution in [0, 0.1) is 0 Å². The second-order valence-corrected chi connectivity index (χ2v) is 3.33. The number of amides is 2. The van der Waals surface area contributed by atoms with E-state index in [1.54, 1.807) is 12.1 Å². The second kappa shape index (κ2) is 4.65. The number of urea groups is 1. The van der Waals surface area contributed by atoms with Crippen LogP contribution in [-0.2, 0) is 0 Å². The van der Waals surface area contributed by atoms with E-state index in [4.69, 9.17) is 10.8 Å². The average molecular weight is 210 g/mol. The van der Waals surface area contributed by atoms with Crippen LogP contribution in [0.25, 0.3) is 0 Å². The summed E-state index contributed by atoms with van der Waals surface area (Å²) in [4.78, 5) is 11.9. The molecule has 1 unspecified atom stereocenters. The van der Waals surface area contributed by atoms with E-state index in [0.717, 1.165) is 0 Å². The van der Waals surface area contributed by atoms with Crippen LogP contribution in [0.15, 0.2) is 24.3 Å². The van der Waals surface area contributed by atoms with Crippen LogP contribution in [0.5, 0.6) is 5.75 Å². The highest BCUT2D eigenvalue weighted by molar-refractivity contribution is 5.71. The highest BCUT2D eigenvalue weighted by Gasteiger charge is 2.12. The van der Waals surface area contributed by atoms with Crippen molar-refractivity contribution in [2.75, 3.05) is 13.6 Å². The molecule has 1 aromatic rings. The topological polar surface area (TPSA) is 86.8 Å². The van der Waals surface area contributed by atoms with Crippen LogP contribution in [-0.4, -0.2) is 34.7 Å². The molecular formula is C10H14N2O3. The van der Waals surface area contributed by atoms with Crippen LogP contribution in [0.1, 0.15) is 11.7 Å². The Balaban J connectivity index is 2.64. The lowest BCUT2D eigenvalue weighted by Crippen LogP contribution is -2.35. The largest absolute Gasteiger partial charge is 0.508 e. The van der Waals surface area contributed by atoms with Gasteiger partial charge in [0.25, 0.3) is 0 Å². The third kappa shape index (κ3) is 3.14. The van der Waals surface area contributed by atoms with Gasteiger partial charge in [0, 0.05) is 7.05 Å². The number of hydrogen-bond donors (Lipinski definition) is 3. The van der Waals surface area contributed by atoms with Gasteiger partial charge in [-0.05, 0) is 17.7 Å². The first-order chi connectivity index (χ1) is 7.00. The van der Waals surface area contributed by atoms with Gasteiger partial charge in [0.05, 0.1) is 12.6 Å². The highest BCUT2D eigenvalue weighted by atomic mass is 16.3. The normalized spacial score (nSPS) is 12.1. The van der Waals surface area contributed by atoms with Gasteiger partial charge in [0.2, 0.25) is 0 Å². The molecule has 4 N–H and O–H groups in total. The summed E-state index contributed by atoms with van der Waals surface area (Å²) in [5, 5.41) is 18.7. The summed E-state index contributed by atoms with van der Waals surface area (Å²) >= 11 is 0. The van der Waals surface area contributed by atoms with Gasteiger partial charge in [-0.1, -0.05) is 12.1 Å². The first-order valence-electron chi connectivity index (χ1n) is 4.48. The fraction of sp³-hybridized carbons (Fsp3) is 0.300. The maximum atomic E-state index is 10.7. The Morgan fingerprint density at radius 1 is 1.47 bits per heavy atom. The summed E-state index contributed by atoms with van der Waals surface area (Å²) < 4.78 is 0. The molecular weight excluding hydrogens is 196 g/mol. The summed E-state index contributed by atoms with van der Waals surface area (Å²) in [6, 6.07) is 5.54. The fourth-order valence-corrected chi connectivity index (χ4v) is 1.15. The van der Waals surface area contributed by atoms with Crippen molar-refractivity contribution in [3.05, 3.63) is 29.8 Å². The molecule has 1 aromatic carbocycles. The number of aliphatic hydroxyl groups excluding tert-OH is 1. The van der Waals surface area contributed by atoms with E-state index in [1.165, 1.54) is 24.1 Å². The number of aromatic hydroxyl groups is 1. The van der Waals surface area contributed by atoms with Gasteiger partial charge in [-0.3, -0.25) is 0 Å². The van der Waals surface area contributed by atoms with Crippen LogP contribution in [0.2, 0.25) is 0 Å². The molecule has 0 spiro atoms. The Bertz CT molecular complexity index is 337. The van der Waals surface area contributed by atoms with Crippen LogP contribution in [0.3, 0.4) is 0 Å². The zero-order chi connectivity index (χ0) is 11.4. The Morgan fingerprint density at radius 2 is 2.00 bits per heavy atom. The summed E-state index contributed by atoms with van der Waals surface area (Å²) in [6.45, 7) is 0.125. The first kappa shape index (κ1) is 11.3. The number of phenols is 1. The van der Waals surface area contributed by atoms with Gasteiger partial charge >= 0.3 is 6.03 Å². The number of nitrogens with two attached hydrogens (primary N) is 1. The molecule has 0 aliphatic rings. The van der Waals surface area contributed by atoms with Crippen molar-refractivity contribution >= 4 is 6.03 Å². The molecule has 1 rings (SSSR count). The molecule has 0 saturated carbocycles. The molecule has 0 saturated heterocycles. The second-order valence-electron chi connectivity index (χ2n) is 3.33. The standard InChI is InChI=1S/C10H14N2O3/c1-12(10(11)15)6-9(14)7-2-4-8(13)5-3-7/h2-5,9,13-14H,6H2,1H3,(H2,11,15). The van der Waals surface area contributed by atoms with Crippen molar-refractivity contribution in [2.24, 2.45) is 5.73 Å². The molecule has 0 aliphatic heterocycles. The van der Waals surface area contributed by atoms with Gasteiger partial charge in [-0.2, -0.15) is 0 Å². The van der Waals surface area contributed by atoms with Crippen LogP contribution >= 0.6 is 0 Å². The third-order valence-electron chi connectivity index (χ3n) is 2.10.